The highest BCUT2D eigenvalue weighted by atomic mass is 32.2. The maximum atomic E-state index is 12.5. The number of benzene rings is 1. The van der Waals surface area contributed by atoms with Crippen molar-refractivity contribution in [2.24, 2.45) is 0 Å². The van der Waals surface area contributed by atoms with E-state index in [0.29, 0.717) is 12.8 Å². The van der Waals surface area contributed by atoms with Crippen LogP contribution in [0.1, 0.15) is 18.4 Å². The predicted molar refractivity (Wildman–Crippen MR) is 101 cm³/mol. The third-order valence-corrected chi connectivity index (χ3v) is 6.65. The number of nitrogens with one attached hydrogen (secondary N) is 2. The summed E-state index contributed by atoms with van der Waals surface area (Å²) in [5, 5.41) is 5.15. The Kier molecular flexibility index (Phi) is 5.87. The maximum absolute atomic E-state index is 12.5. The van der Waals surface area contributed by atoms with E-state index >= 15 is 0 Å². The van der Waals surface area contributed by atoms with Gasteiger partial charge in [-0.05, 0) is 30.5 Å². The van der Waals surface area contributed by atoms with Crippen LogP contribution in [0.25, 0.3) is 0 Å². The highest BCUT2D eigenvalue weighted by molar-refractivity contribution is 7.91. The van der Waals surface area contributed by atoms with E-state index in [1.54, 1.807) is 19.2 Å². The number of carbonyl (C=O) groups is 3. The summed E-state index contributed by atoms with van der Waals surface area (Å²) < 4.78 is 28.0. The minimum absolute atomic E-state index is 0.0518. The normalized spacial score (nSPS) is 23.5. The Morgan fingerprint density at radius 1 is 1.29 bits per heavy atom. The lowest BCUT2D eigenvalue weighted by Crippen LogP contribution is -2.41. The van der Waals surface area contributed by atoms with Crippen LogP contribution in [-0.2, 0) is 25.8 Å². The molecule has 2 aliphatic rings. The Bertz CT molecular complexity index is 868. The van der Waals surface area contributed by atoms with Crippen LogP contribution in [0.15, 0.2) is 24.3 Å². The Labute approximate surface area is 163 Å². The van der Waals surface area contributed by atoms with E-state index in [1.165, 1.54) is 0 Å². The fourth-order valence-electron chi connectivity index (χ4n) is 3.34. The summed E-state index contributed by atoms with van der Waals surface area (Å²) in [6, 6.07) is 5.43. The first kappa shape index (κ1) is 20.1. The minimum Gasteiger partial charge on any atom is -0.497 e. The van der Waals surface area contributed by atoms with Crippen LogP contribution in [0.3, 0.4) is 0 Å². The molecule has 2 saturated heterocycles. The van der Waals surface area contributed by atoms with E-state index in [4.69, 9.17) is 4.74 Å². The van der Waals surface area contributed by atoms with Crippen LogP contribution in [0.4, 0.5) is 4.79 Å². The second-order valence-electron chi connectivity index (χ2n) is 6.96. The molecule has 3 rings (SSSR count). The second kappa shape index (κ2) is 8.17. The van der Waals surface area contributed by atoms with Crippen molar-refractivity contribution in [3.05, 3.63) is 29.8 Å². The van der Waals surface area contributed by atoms with Crippen molar-refractivity contribution >= 4 is 27.7 Å². The number of sulfone groups is 1. The van der Waals surface area contributed by atoms with Gasteiger partial charge in [0.2, 0.25) is 5.91 Å². The number of urea groups is 1. The number of rotatable bonds is 7. The number of hydrogen-bond acceptors (Lipinski definition) is 6. The van der Waals surface area contributed by atoms with Gasteiger partial charge in [-0.25, -0.2) is 13.2 Å². The fourth-order valence-corrected chi connectivity index (χ4v) is 5.01. The van der Waals surface area contributed by atoms with Gasteiger partial charge in [-0.3, -0.25) is 14.5 Å². The summed E-state index contributed by atoms with van der Waals surface area (Å²) in [7, 11) is -1.53. The lowest BCUT2D eigenvalue weighted by atomic mass is 10.1. The topological polar surface area (TPSA) is 122 Å². The van der Waals surface area contributed by atoms with Crippen LogP contribution in [0, 0.1) is 0 Å². The van der Waals surface area contributed by atoms with Gasteiger partial charge in [-0.15, -0.1) is 0 Å². The largest absolute Gasteiger partial charge is 0.497 e. The number of amides is 4. The first-order valence-corrected chi connectivity index (χ1v) is 10.8. The molecule has 1 aromatic carbocycles. The van der Waals surface area contributed by atoms with Crippen molar-refractivity contribution in [1.29, 1.82) is 0 Å². The molecule has 152 valence electrons. The third-order valence-electron chi connectivity index (χ3n) is 4.88. The molecule has 1 aromatic rings. The van der Waals surface area contributed by atoms with Gasteiger partial charge in [0, 0.05) is 12.6 Å². The molecule has 0 aromatic heterocycles. The molecule has 1 unspecified atom stereocenters. The molecule has 9 nitrogen and oxygen atoms in total. The van der Waals surface area contributed by atoms with Crippen LogP contribution >= 0.6 is 0 Å². The summed E-state index contributed by atoms with van der Waals surface area (Å²) in [4.78, 5) is 37.8. The molecule has 2 heterocycles. The summed E-state index contributed by atoms with van der Waals surface area (Å²) in [6.07, 6.45) is 0.648. The maximum Gasteiger partial charge on any atom is 0.324 e. The van der Waals surface area contributed by atoms with E-state index in [0.717, 1.165) is 16.2 Å². The quantitative estimate of drug-likeness (QED) is 0.604. The Morgan fingerprint density at radius 2 is 2.00 bits per heavy atom. The molecule has 2 fully saturated rings. The average molecular weight is 409 g/mol. The highest BCUT2D eigenvalue weighted by Gasteiger charge is 2.39. The van der Waals surface area contributed by atoms with Crippen molar-refractivity contribution in [3.63, 3.8) is 0 Å². The van der Waals surface area contributed by atoms with Crippen LogP contribution in [-0.4, -0.2) is 68.4 Å². The molecule has 28 heavy (non-hydrogen) atoms. The van der Waals surface area contributed by atoms with Crippen molar-refractivity contribution in [3.8, 4) is 5.75 Å². The SMILES string of the molecule is COc1ccc(CCN2C(=O)N[C@@H](CC(=O)NC3CCS(=O)(=O)C3)C2=O)cc1. The van der Waals surface area contributed by atoms with Crippen molar-refractivity contribution in [2.45, 2.75) is 31.3 Å². The van der Waals surface area contributed by atoms with Crippen LogP contribution in [0.5, 0.6) is 5.75 Å². The smallest absolute Gasteiger partial charge is 0.324 e. The Hall–Kier alpha value is -2.62. The van der Waals surface area contributed by atoms with Gasteiger partial charge in [-0.1, -0.05) is 12.1 Å². The van der Waals surface area contributed by atoms with Gasteiger partial charge in [0.15, 0.2) is 9.84 Å². The molecule has 2 N–H and O–H groups in total. The lowest BCUT2D eigenvalue weighted by Gasteiger charge is -2.14. The fraction of sp³-hybridized carbons (Fsp3) is 0.500. The Morgan fingerprint density at radius 3 is 2.61 bits per heavy atom. The van der Waals surface area contributed by atoms with Gasteiger partial charge >= 0.3 is 6.03 Å². The zero-order valence-electron chi connectivity index (χ0n) is 15.5. The molecule has 0 saturated carbocycles. The monoisotopic (exact) mass is 409 g/mol. The molecule has 0 radical (unpaired) electrons. The molecule has 0 aliphatic carbocycles. The van der Waals surface area contributed by atoms with Gasteiger partial charge in [-0.2, -0.15) is 0 Å². The van der Waals surface area contributed by atoms with Crippen LogP contribution in [0.2, 0.25) is 0 Å². The standard InChI is InChI=1S/C18H23N3O6S/c1-27-14-4-2-12(3-5-14)6-8-21-17(23)15(20-18(21)24)10-16(22)19-13-7-9-28(25,26)11-13/h2-5,13,15H,6-11H2,1H3,(H,19,22)(H,20,24)/t13?,15-/m0/s1. The van der Waals surface area contributed by atoms with E-state index in [9.17, 15) is 22.8 Å². The summed E-state index contributed by atoms with van der Waals surface area (Å²) in [5.41, 5.74) is 0.949. The zero-order chi connectivity index (χ0) is 20.3. The number of methoxy groups -OCH3 is 1. The van der Waals surface area contributed by atoms with Crippen molar-refractivity contribution in [2.75, 3.05) is 25.2 Å². The lowest BCUT2D eigenvalue weighted by molar-refractivity contribution is -0.131. The summed E-state index contributed by atoms with van der Waals surface area (Å²) in [5.74, 6) is -0.209. The summed E-state index contributed by atoms with van der Waals surface area (Å²) >= 11 is 0. The van der Waals surface area contributed by atoms with Gasteiger partial charge in [0.25, 0.3) is 5.91 Å². The van der Waals surface area contributed by atoms with Gasteiger partial charge in [0.1, 0.15) is 11.8 Å². The van der Waals surface area contributed by atoms with Gasteiger partial charge in [0.05, 0.1) is 25.0 Å². The number of imide groups is 1. The van der Waals surface area contributed by atoms with E-state index in [-0.39, 0.29) is 24.5 Å². The molecular formula is C18H23N3O6S. The third kappa shape index (κ3) is 4.80. The van der Waals surface area contributed by atoms with E-state index in [2.05, 4.69) is 10.6 Å². The number of nitrogens with zero attached hydrogens (tertiary/aromatic N) is 1. The number of carbonyl (C=O) groups excluding carboxylic acids is 3. The number of hydrogen-bond donors (Lipinski definition) is 2. The molecule has 2 aliphatic heterocycles. The molecule has 4 amide bonds. The average Bonchev–Trinajstić information content (AvgIpc) is 3.12. The number of ether oxygens (including phenoxy) is 1. The molecule has 2 atom stereocenters. The van der Waals surface area contributed by atoms with E-state index < -0.39 is 39.8 Å². The molecule has 0 spiro atoms. The minimum atomic E-state index is -3.10. The van der Waals surface area contributed by atoms with Crippen LogP contribution < -0.4 is 15.4 Å². The Balaban J connectivity index is 1.50. The summed E-state index contributed by atoms with van der Waals surface area (Å²) in [6.45, 7) is 0.204. The van der Waals surface area contributed by atoms with Crippen molar-refractivity contribution in [1.82, 2.24) is 15.5 Å². The first-order valence-electron chi connectivity index (χ1n) is 9.02. The van der Waals surface area contributed by atoms with Crippen molar-refractivity contribution < 1.29 is 27.5 Å². The first-order chi connectivity index (χ1) is 13.3. The predicted octanol–water partition coefficient (Wildman–Crippen LogP) is -0.148. The van der Waals surface area contributed by atoms with Gasteiger partial charge < -0.3 is 15.4 Å². The zero-order valence-corrected chi connectivity index (χ0v) is 16.3. The second-order valence-corrected chi connectivity index (χ2v) is 9.19. The highest BCUT2D eigenvalue weighted by Crippen LogP contribution is 2.15. The molecule has 0 bridgehead atoms. The van der Waals surface area contributed by atoms with E-state index in [1.807, 2.05) is 12.1 Å². The molecular weight excluding hydrogens is 386 g/mol. The molecule has 10 heteroatoms.